The Labute approximate surface area is 269 Å². The van der Waals surface area contributed by atoms with Gasteiger partial charge in [-0.3, -0.25) is 0 Å². The molecule has 9 aromatic rings. The summed E-state index contributed by atoms with van der Waals surface area (Å²) in [7, 11) is 0. The summed E-state index contributed by atoms with van der Waals surface area (Å²) >= 11 is 0. The zero-order chi connectivity index (χ0) is 46.9. The molecule has 0 aliphatic rings. The van der Waals surface area contributed by atoms with E-state index in [1.54, 1.807) is 0 Å². The molecule has 1 heteroatoms. The van der Waals surface area contributed by atoms with E-state index in [2.05, 4.69) is 0 Å². The first-order chi connectivity index (χ1) is 29.9. The van der Waals surface area contributed by atoms with E-state index in [9.17, 15) is 6.85 Å². The SMILES string of the molecule is [2H]c1cc2c(c([2H])c1[2H])c([2H])c(-c1c3c([2H])c([2H])c([2H])c([2H])c3c(-c3c([2H])c([2H])c([2H])c([2H])c3[2H])c3c([2H])c([2H])c([2H])c([2H])c13)c1oc3c([2H])c([2H])c4c([2H])c([2H])c([2H])c([2H])c4c3c12. The summed E-state index contributed by atoms with van der Waals surface area (Å²) in [5.74, 6) is 0. The monoisotopic (exact) mass is 543 g/mol. The average molecular weight is 544 g/mol. The molecule has 1 nitrogen and oxygen atoms in total. The van der Waals surface area contributed by atoms with E-state index in [-0.39, 0.29) is 21.5 Å². The third kappa shape index (κ3) is 3.18. The van der Waals surface area contributed by atoms with Gasteiger partial charge >= 0.3 is 0 Å². The number of fused-ring (bicyclic) bond motifs is 9. The van der Waals surface area contributed by atoms with Crippen molar-refractivity contribution in [1.29, 1.82) is 0 Å². The quantitative estimate of drug-likeness (QED) is 0.198. The van der Waals surface area contributed by atoms with Crippen LogP contribution in [0.4, 0.5) is 0 Å². The Morgan fingerprint density at radius 3 is 1.76 bits per heavy atom. The molecular formula is C40H24O. The second kappa shape index (κ2) is 8.55. The molecule has 0 amide bonds. The van der Waals surface area contributed by atoms with Gasteiger partial charge in [0.25, 0.3) is 0 Å². The number of furan rings is 1. The average Bonchev–Trinajstić information content (AvgIpc) is 3.66. The van der Waals surface area contributed by atoms with Crippen LogP contribution in [0.1, 0.15) is 31.5 Å². The summed E-state index contributed by atoms with van der Waals surface area (Å²) < 4.78 is 211. The summed E-state index contributed by atoms with van der Waals surface area (Å²) in [5, 5.41) is -4.39. The summed E-state index contributed by atoms with van der Waals surface area (Å²) in [6, 6.07) is -17.6. The molecule has 0 atom stereocenters. The van der Waals surface area contributed by atoms with Crippen LogP contribution in [0, 0.1) is 0 Å². The first-order valence-electron chi connectivity index (χ1n) is 23.7. The third-order valence-corrected chi connectivity index (χ3v) is 7.01. The Bertz CT molecular complexity index is 3650. The highest BCUT2D eigenvalue weighted by atomic mass is 16.3. The lowest BCUT2D eigenvalue weighted by Gasteiger charge is -2.18. The van der Waals surface area contributed by atoms with E-state index >= 15 is 0 Å². The van der Waals surface area contributed by atoms with Crippen LogP contribution >= 0.6 is 0 Å². The highest BCUT2D eigenvalue weighted by molar-refractivity contribution is 6.31. The topological polar surface area (TPSA) is 13.1 Å². The van der Waals surface area contributed by atoms with Gasteiger partial charge in [-0.1, -0.05) is 133 Å². The van der Waals surface area contributed by atoms with Crippen LogP contribution < -0.4 is 0 Å². The van der Waals surface area contributed by atoms with E-state index in [0.717, 1.165) is 6.07 Å². The standard InChI is InChI=1S/C40H24O/c1-2-13-26(14-3-1)36-30-18-8-10-20-32(30)37(33-21-11-9-19-31(33)36)34-24-27-15-5-7-17-29(27)39-38-28-16-6-4-12-25(28)22-23-35(38)41-40(34)39/h1-24H/i1D,2D,3D,4D,5D,6D,7D,8D,9D,10D,11D,12D,13D,14D,15D,16D,18D,19D,20D,21D,22D,23D,24D. The smallest absolute Gasteiger partial charge is 0.143 e. The first kappa shape index (κ1) is 9.61. The van der Waals surface area contributed by atoms with Gasteiger partial charge < -0.3 is 4.42 Å². The molecule has 8 aromatic carbocycles. The Hall–Kier alpha value is -5.40. The number of hydrogen-bond acceptors (Lipinski definition) is 1. The molecule has 0 unspecified atom stereocenters. The second-order valence-electron chi connectivity index (χ2n) is 9.09. The van der Waals surface area contributed by atoms with Crippen LogP contribution in [-0.2, 0) is 0 Å². The first-order valence-corrected chi connectivity index (χ1v) is 12.2. The molecule has 0 saturated carbocycles. The lowest BCUT2D eigenvalue weighted by Crippen LogP contribution is -1.91. The van der Waals surface area contributed by atoms with Crippen molar-refractivity contribution in [1.82, 2.24) is 0 Å². The molecule has 0 bridgehead atoms. The zero-order valence-corrected chi connectivity index (χ0v) is 20.5. The fraction of sp³-hybridized carbons (Fsp3) is 0. The van der Waals surface area contributed by atoms with Crippen molar-refractivity contribution in [2.75, 3.05) is 0 Å². The van der Waals surface area contributed by atoms with Gasteiger partial charge in [-0.15, -0.1) is 0 Å². The molecule has 1 aromatic heterocycles. The van der Waals surface area contributed by atoms with Crippen LogP contribution in [0.2, 0.25) is 0 Å². The van der Waals surface area contributed by atoms with Gasteiger partial charge in [-0.2, -0.15) is 0 Å². The molecule has 41 heavy (non-hydrogen) atoms. The van der Waals surface area contributed by atoms with E-state index < -0.39 is 205 Å². The van der Waals surface area contributed by atoms with Gasteiger partial charge in [-0.05, 0) is 66.3 Å². The van der Waals surface area contributed by atoms with Crippen LogP contribution in [0.25, 0.3) is 87.3 Å². The maximum absolute atomic E-state index is 9.85. The van der Waals surface area contributed by atoms with Gasteiger partial charge in [0, 0.05) is 21.9 Å². The summed E-state index contributed by atoms with van der Waals surface area (Å²) in [6.07, 6.45) is 0. The summed E-state index contributed by atoms with van der Waals surface area (Å²) in [4.78, 5) is 0. The van der Waals surface area contributed by atoms with Crippen molar-refractivity contribution in [3.8, 4) is 22.3 Å². The molecular weight excluding hydrogens is 496 g/mol. The largest absolute Gasteiger partial charge is 0.455 e. The maximum atomic E-state index is 9.85. The molecule has 0 saturated heterocycles. The highest BCUT2D eigenvalue weighted by Gasteiger charge is 2.22. The Kier molecular flexibility index (Phi) is 2.00. The second-order valence-corrected chi connectivity index (χ2v) is 9.09. The molecule has 0 spiro atoms. The molecule has 190 valence electrons. The summed E-state index contributed by atoms with van der Waals surface area (Å²) in [6.45, 7) is 0. The maximum Gasteiger partial charge on any atom is 0.143 e. The molecule has 0 radical (unpaired) electrons. The van der Waals surface area contributed by atoms with Crippen molar-refractivity contribution < 1.29 is 35.9 Å². The zero-order valence-electron chi connectivity index (χ0n) is 43.5. The number of benzene rings is 8. The van der Waals surface area contributed by atoms with Crippen molar-refractivity contribution >= 4 is 65.0 Å². The third-order valence-electron chi connectivity index (χ3n) is 7.01. The van der Waals surface area contributed by atoms with Gasteiger partial charge in [0.2, 0.25) is 0 Å². The van der Waals surface area contributed by atoms with Crippen molar-refractivity contribution in [2.45, 2.75) is 0 Å². The van der Waals surface area contributed by atoms with E-state index in [1.165, 1.54) is 0 Å². The minimum absolute atomic E-state index is 0.187. The van der Waals surface area contributed by atoms with Crippen molar-refractivity contribution in [2.24, 2.45) is 0 Å². The van der Waals surface area contributed by atoms with Gasteiger partial charge in [0.1, 0.15) is 11.2 Å². The van der Waals surface area contributed by atoms with E-state index in [4.69, 9.17) is 29.1 Å². The molecule has 0 fully saturated rings. The number of hydrogen-bond donors (Lipinski definition) is 0. The van der Waals surface area contributed by atoms with Crippen LogP contribution in [0.15, 0.2) is 149 Å². The van der Waals surface area contributed by atoms with Crippen molar-refractivity contribution in [3.63, 3.8) is 0 Å². The Morgan fingerprint density at radius 2 is 1.02 bits per heavy atom. The fourth-order valence-corrected chi connectivity index (χ4v) is 5.40. The van der Waals surface area contributed by atoms with Crippen LogP contribution in [0.5, 0.6) is 0 Å². The predicted molar refractivity (Wildman–Crippen MR) is 175 cm³/mol. The predicted octanol–water partition coefficient (Wildman–Crippen LogP) is 11.5. The molecule has 9 rings (SSSR count). The number of rotatable bonds is 2. The normalized spacial score (nSPS) is 19.8. The van der Waals surface area contributed by atoms with Gasteiger partial charge in [0.05, 0.1) is 31.5 Å². The molecule has 0 N–H and O–H groups in total. The highest BCUT2D eigenvalue weighted by Crippen LogP contribution is 2.48. The van der Waals surface area contributed by atoms with E-state index in [0.29, 0.717) is 0 Å². The van der Waals surface area contributed by atoms with Crippen molar-refractivity contribution in [3.05, 3.63) is 145 Å². The lowest BCUT2D eigenvalue weighted by molar-refractivity contribution is 0.670. The van der Waals surface area contributed by atoms with Gasteiger partial charge in [0.15, 0.2) is 0 Å². The van der Waals surface area contributed by atoms with E-state index in [1.807, 2.05) is 0 Å². The van der Waals surface area contributed by atoms with Gasteiger partial charge in [-0.25, -0.2) is 0 Å². The van der Waals surface area contributed by atoms with Crippen LogP contribution in [-0.4, -0.2) is 0 Å². The Balaban J connectivity index is 1.73. The minimum Gasteiger partial charge on any atom is -0.455 e. The molecule has 0 aliphatic carbocycles. The molecule has 0 aliphatic heterocycles. The Morgan fingerprint density at radius 1 is 0.439 bits per heavy atom. The fourth-order valence-electron chi connectivity index (χ4n) is 5.40. The summed E-state index contributed by atoms with van der Waals surface area (Å²) in [5.41, 5.74) is -3.50. The molecule has 1 heterocycles. The van der Waals surface area contributed by atoms with Crippen LogP contribution in [0.3, 0.4) is 0 Å². The minimum atomic E-state index is -0.915. The lowest BCUT2D eigenvalue weighted by atomic mass is 9.85.